The van der Waals surface area contributed by atoms with E-state index in [4.69, 9.17) is 14.2 Å². The van der Waals surface area contributed by atoms with Gasteiger partial charge in [-0.05, 0) is 0 Å². The predicted molar refractivity (Wildman–Crippen MR) is 61.8 cm³/mol. The first-order valence-corrected chi connectivity index (χ1v) is 7.56. The summed E-state index contributed by atoms with van der Waals surface area (Å²) in [7, 11) is -3.95. The van der Waals surface area contributed by atoms with E-state index in [9.17, 15) is 18.9 Å². The second kappa shape index (κ2) is 4.55. The molecule has 0 saturated carbocycles. The van der Waals surface area contributed by atoms with E-state index in [1.54, 1.807) is 0 Å². The molecule has 0 bridgehead atoms. The summed E-state index contributed by atoms with van der Waals surface area (Å²) in [5.74, 6) is 0. The first kappa shape index (κ1) is 13.0. The number of carbonyl (C=O) groups excluding carboxylic acids is 3. The highest BCUT2D eigenvalue weighted by molar-refractivity contribution is 7.58. The van der Waals surface area contributed by atoms with Crippen LogP contribution in [-0.2, 0) is 18.8 Å². The lowest BCUT2D eigenvalue weighted by atomic mass is 10.7. The quantitative estimate of drug-likeness (QED) is 0.550. The summed E-state index contributed by atoms with van der Waals surface area (Å²) < 4.78 is 30.3. The highest BCUT2D eigenvalue weighted by Crippen LogP contribution is 2.59. The number of carbonyl (C=O) groups is 3. The molecule has 3 rings (SSSR count). The number of hydrogen-bond acceptors (Lipinski definition) is 7. The van der Waals surface area contributed by atoms with Crippen LogP contribution in [0, 0.1) is 0 Å². The molecule has 20 heavy (non-hydrogen) atoms. The summed E-state index contributed by atoms with van der Waals surface area (Å²) in [5, 5.41) is 0. The Hall–Kier alpha value is -1.96. The predicted octanol–water partition coefficient (Wildman–Crippen LogP) is 0.451. The van der Waals surface area contributed by atoms with Crippen LogP contribution in [0.4, 0.5) is 14.4 Å². The second-order valence-electron chi connectivity index (χ2n) is 4.23. The normalized spacial score (nSPS) is 23.2. The van der Waals surface area contributed by atoms with Gasteiger partial charge in [-0.1, -0.05) is 0 Å². The van der Waals surface area contributed by atoms with Crippen molar-refractivity contribution in [2.24, 2.45) is 0 Å². The minimum Gasteiger partial charge on any atom is -0.447 e. The molecule has 3 aliphatic heterocycles. The number of cyclic esters (lactones) is 3. The zero-order valence-corrected chi connectivity index (χ0v) is 11.3. The molecule has 0 unspecified atom stereocenters. The van der Waals surface area contributed by atoms with Crippen LogP contribution in [0.3, 0.4) is 0 Å². The van der Waals surface area contributed by atoms with E-state index >= 15 is 0 Å². The molecule has 3 amide bonds. The van der Waals surface area contributed by atoms with Crippen molar-refractivity contribution >= 4 is 25.9 Å². The Kier molecular flexibility index (Phi) is 2.97. The minimum atomic E-state index is -3.95. The van der Waals surface area contributed by atoms with Crippen LogP contribution in [0.25, 0.3) is 0 Å². The van der Waals surface area contributed by atoms with Gasteiger partial charge in [-0.3, -0.25) is 0 Å². The van der Waals surface area contributed by atoms with Crippen LogP contribution in [0.2, 0.25) is 0 Å². The maximum Gasteiger partial charge on any atom is 0.418 e. The molecule has 0 atom stereocenters. The van der Waals surface area contributed by atoms with Crippen LogP contribution in [-0.4, -0.2) is 71.7 Å². The summed E-state index contributed by atoms with van der Waals surface area (Å²) in [4.78, 5) is 35.2. The van der Waals surface area contributed by atoms with Crippen LogP contribution >= 0.6 is 7.59 Å². The molecular formula is C9H12N3O7P. The summed E-state index contributed by atoms with van der Waals surface area (Å²) in [5.41, 5.74) is 0. The summed E-state index contributed by atoms with van der Waals surface area (Å²) >= 11 is 0. The van der Waals surface area contributed by atoms with Crippen LogP contribution in [0.1, 0.15) is 0 Å². The number of ether oxygens (including phenoxy) is 3. The molecule has 3 heterocycles. The van der Waals surface area contributed by atoms with Gasteiger partial charge in [0.2, 0.25) is 0 Å². The van der Waals surface area contributed by atoms with Gasteiger partial charge in [-0.15, -0.1) is 0 Å². The van der Waals surface area contributed by atoms with Gasteiger partial charge in [0.05, 0.1) is 19.6 Å². The number of hydrogen-bond donors (Lipinski definition) is 0. The van der Waals surface area contributed by atoms with Gasteiger partial charge >= 0.3 is 25.9 Å². The fraction of sp³-hybridized carbons (Fsp3) is 0.667. The second-order valence-corrected chi connectivity index (χ2v) is 6.70. The van der Waals surface area contributed by atoms with Crippen molar-refractivity contribution in [2.75, 3.05) is 39.5 Å². The van der Waals surface area contributed by atoms with E-state index in [1.165, 1.54) is 0 Å². The van der Waals surface area contributed by atoms with Crippen molar-refractivity contribution in [3.63, 3.8) is 0 Å². The topological polar surface area (TPSA) is 106 Å². The van der Waals surface area contributed by atoms with E-state index in [0.29, 0.717) is 0 Å². The van der Waals surface area contributed by atoms with E-state index < -0.39 is 25.9 Å². The van der Waals surface area contributed by atoms with Crippen molar-refractivity contribution in [2.45, 2.75) is 0 Å². The molecule has 0 spiro atoms. The molecule has 0 aromatic rings. The van der Waals surface area contributed by atoms with Crippen LogP contribution < -0.4 is 0 Å². The molecule has 0 aromatic heterocycles. The van der Waals surface area contributed by atoms with Gasteiger partial charge in [0.1, 0.15) is 19.8 Å². The molecule has 10 nitrogen and oxygen atoms in total. The van der Waals surface area contributed by atoms with Crippen molar-refractivity contribution in [3.8, 4) is 0 Å². The standard InChI is InChI=1S/C9H12N3O7P/c13-7-10(1-4-17-7)20(16,11-2-5-18-8(11)14)12-3-6-19-9(12)15/h1-6H2. The lowest BCUT2D eigenvalue weighted by Gasteiger charge is -2.35. The molecule has 11 heteroatoms. The third-order valence-electron chi connectivity index (χ3n) is 3.16. The Bertz CT molecular complexity index is 452. The molecule has 110 valence electrons. The molecule has 0 aliphatic carbocycles. The van der Waals surface area contributed by atoms with Gasteiger partial charge in [-0.2, -0.15) is 0 Å². The van der Waals surface area contributed by atoms with Gasteiger partial charge in [0.25, 0.3) is 0 Å². The number of rotatable bonds is 3. The molecule has 3 saturated heterocycles. The first-order chi connectivity index (χ1) is 9.55. The van der Waals surface area contributed by atoms with Crippen molar-refractivity contribution < 1.29 is 33.2 Å². The minimum absolute atomic E-state index is 0.0314. The van der Waals surface area contributed by atoms with Gasteiger partial charge in [0, 0.05) is 0 Å². The average Bonchev–Trinajstić information content (AvgIpc) is 3.10. The monoisotopic (exact) mass is 305 g/mol. The van der Waals surface area contributed by atoms with Gasteiger partial charge in [-0.25, -0.2) is 33.0 Å². The fourth-order valence-electron chi connectivity index (χ4n) is 2.26. The summed E-state index contributed by atoms with van der Waals surface area (Å²) in [6.07, 6.45) is -2.48. The van der Waals surface area contributed by atoms with E-state index in [1.807, 2.05) is 0 Å². The Morgan fingerprint density at radius 1 is 0.700 bits per heavy atom. The third kappa shape index (κ3) is 1.71. The van der Waals surface area contributed by atoms with Gasteiger partial charge < -0.3 is 14.2 Å². The van der Waals surface area contributed by atoms with Crippen LogP contribution in [0.5, 0.6) is 0 Å². The molecule has 3 aliphatic rings. The first-order valence-electron chi connectivity index (χ1n) is 5.99. The van der Waals surface area contributed by atoms with Crippen molar-refractivity contribution in [1.82, 2.24) is 14.0 Å². The third-order valence-corrected chi connectivity index (χ3v) is 6.14. The lowest BCUT2D eigenvalue weighted by Crippen LogP contribution is -2.42. The van der Waals surface area contributed by atoms with Crippen molar-refractivity contribution in [1.29, 1.82) is 0 Å². The summed E-state index contributed by atoms with van der Waals surface area (Å²) in [6, 6.07) is 0. The zero-order chi connectivity index (χ0) is 14.3. The maximum absolute atomic E-state index is 13.3. The lowest BCUT2D eigenvalue weighted by molar-refractivity contribution is 0.159. The Morgan fingerprint density at radius 3 is 1.20 bits per heavy atom. The van der Waals surface area contributed by atoms with Crippen LogP contribution in [0.15, 0.2) is 0 Å². The smallest absolute Gasteiger partial charge is 0.418 e. The van der Waals surface area contributed by atoms with E-state index in [0.717, 1.165) is 14.0 Å². The Balaban J connectivity index is 2.02. The molecular weight excluding hydrogens is 293 g/mol. The van der Waals surface area contributed by atoms with E-state index in [2.05, 4.69) is 0 Å². The highest BCUT2D eigenvalue weighted by atomic mass is 31.2. The van der Waals surface area contributed by atoms with Crippen molar-refractivity contribution in [3.05, 3.63) is 0 Å². The highest BCUT2D eigenvalue weighted by Gasteiger charge is 2.55. The molecule has 0 N–H and O–H groups in total. The van der Waals surface area contributed by atoms with E-state index in [-0.39, 0.29) is 39.5 Å². The SMILES string of the molecule is O=C1OCCN1P(=O)(N1CCOC1=O)N1CCOC1=O. The maximum atomic E-state index is 13.3. The Labute approximate surface area is 113 Å². The Morgan fingerprint density at radius 2 is 1.00 bits per heavy atom. The molecule has 0 radical (unpaired) electrons. The fourth-order valence-corrected chi connectivity index (χ4v) is 4.88. The molecule has 0 aromatic carbocycles. The summed E-state index contributed by atoms with van der Waals surface area (Å²) in [6.45, 7) is 0.245. The average molecular weight is 305 g/mol. The largest absolute Gasteiger partial charge is 0.447 e. The number of amides is 3. The molecule has 3 fully saturated rings. The number of nitrogens with zero attached hydrogens (tertiary/aromatic N) is 3. The zero-order valence-electron chi connectivity index (χ0n) is 10.4. The van der Waals surface area contributed by atoms with Gasteiger partial charge in [0.15, 0.2) is 0 Å².